The van der Waals surface area contributed by atoms with Crippen molar-refractivity contribution >= 4 is 37.9 Å². The summed E-state index contributed by atoms with van der Waals surface area (Å²) in [5, 5.41) is 1.88. The number of halogens is 1. The van der Waals surface area contributed by atoms with Crippen LogP contribution in [0.15, 0.2) is 35.4 Å². The molecule has 1 N–H and O–H groups in total. The Morgan fingerprint density at radius 1 is 1.33 bits per heavy atom. The van der Waals surface area contributed by atoms with Crippen molar-refractivity contribution in [3.63, 3.8) is 0 Å². The summed E-state index contributed by atoms with van der Waals surface area (Å²) in [6.07, 6.45) is 2.54. The maximum Gasteiger partial charge on any atom is 0.277 e. The van der Waals surface area contributed by atoms with Gasteiger partial charge in [-0.15, -0.1) is 0 Å². The summed E-state index contributed by atoms with van der Waals surface area (Å²) >= 11 is 3.37. The first-order valence-electron chi connectivity index (χ1n) is 5.83. The van der Waals surface area contributed by atoms with Gasteiger partial charge in [0.25, 0.3) is 5.56 Å². The lowest BCUT2D eigenvalue weighted by Gasteiger charge is -2.02. The fraction of sp³-hybridized carbons (Fsp3) is 0.231. The third-order valence-corrected chi connectivity index (χ3v) is 3.57. The molecule has 0 aliphatic heterocycles. The first-order chi connectivity index (χ1) is 8.81. The highest BCUT2D eigenvalue weighted by molar-refractivity contribution is 9.09. The third-order valence-electron chi connectivity index (χ3n) is 3.01. The van der Waals surface area contributed by atoms with Gasteiger partial charge in [-0.25, -0.2) is 4.98 Å². The molecule has 3 aromatic rings. The van der Waals surface area contributed by atoms with Gasteiger partial charge >= 0.3 is 0 Å². The second kappa shape index (κ2) is 4.57. The maximum absolute atomic E-state index is 12.3. The molecule has 0 radical (unpaired) electrons. The van der Waals surface area contributed by atoms with E-state index in [4.69, 9.17) is 0 Å². The van der Waals surface area contributed by atoms with Crippen LogP contribution in [0.1, 0.15) is 6.42 Å². The number of para-hydroxylation sites is 1. The Kier molecular flexibility index (Phi) is 2.91. The lowest BCUT2D eigenvalue weighted by molar-refractivity contribution is 0.653. The second-order valence-corrected chi connectivity index (χ2v) is 4.97. The monoisotopic (exact) mass is 305 g/mol. The van der Waals surface area contributed by atoms with Crippen molar-refractivity contribution in [2.45, 2.75) is 13.0 Å². The van der Waals surface area contributed by atoms with Gasteiger partial charge in [0.15, 0.2) is 0 Å². The lowest BCUT2D eigenvalue weighted by Crippen LogP contribution is -2.20. The van der Waals surface area contributed by atoms with Crippen molar-refractivity contribution in [2.24, 2.45) is 0 Å². The lowest BCUT2D eigenvalue weighted by atomic mass is 10.2. The van der Waals surface area contributed by atoms with E-state index in [0.29, 0.717) is 12.1 Å². The maximum atomic E-state index is 12.3. The predicted molar refractivity (Wildman–Crippen MR) is 76.3 cm³/mol. The largest absolute Gasteiger partial charge is 0.349 e. The minimum absolute atomic E-state index is 0.00264. The van der Waals surface area contributed by atoms with Crippen LogP contribution in [0.3, 0.4) is 0 Å². The number of rotatable bonds is 3. The van der Waals surface area contributed by atoms with Crippen molar-refractivity contribution < 1.29 is 0 Å². The first-order valence-corrected chi connectivity index (χ1v) is 6.95. The molecule has 2 heterocycles. The van der Waals surface area contributed by atoms with Crippen molar-refractivity contribution in [3.8, 4) is 0 Å². The topological polar surface area (TPSA) is 50.7 Å². The number of hydrogen-bond donors (Lipinski definition) is 1. The van der Waals surface area contributed by atoms with Gasteiger partial charge in [-0.2, -0.15) is 0 Å². The SMILES string of the molecule is O=c1c2[nH]c3ccccc3c2ncn1CCCBr. The zero-order valence-corrected chi connectivity index (χ0v) is 11.3. The van der Waals surface area contributed by atoms with Crippen LogP contribution in [0, 0.1) is 0 Å². The number of aromatic amines is 1. The van der Waals surface area contributed by atoms with E-state index in [1.165, 1.54) is 0 Å². The molecule has 0 aliphatic carbocycles. The molecule has 0 atom stereocenters. The van der Waals surface area contributed by atoms with E-state index < -0.39 is 0 Å². The Hall–Kier alpha value is -1.62. The van der Waals surface area contributed by atoms with Gasteiger partial charge in [-0.3, -0.25) is 9.36 Å². The summed E-state index contributed by atoms with van der Waals surface area (Å²) < 4.78 is 1.65. The number of hydrogen-bond acceptors (Lipinski definition) is 2. The Bertz CT molecular complexity index is 760. The molecule has 0 saturated heterocycles. The van der Waals surface area contributed by atoms with Gasteiger partial charge in [0.1, 0.15) is 11.0 Å². The Labute approximate surface area is 112 Å². The highest BCUT2D eigenvalue weighted by Crippen LogP contribution is 2.20. The molecule has 0 spiro atoms. The van der Waals surface area contributed by atoms with Gasteiger partial charge in [0, 0.05) is 22.8 Å². The summed E-state index contributed by atoms with van der Waals surface area (Å²) in [5.41, 5.74) is 2.30. The normalized spacial score (nSPS) is 11.4. The van der Waals surface area contributed by atoms with Crippen LogP contribution >= 0.6 is 15.9 Å². The molecule has 1 aromatic carbocycles. The zero-order chi connectivity index (χ0) is 12.5. The molecule has 0 fully saturated rings. The average molecular weight is 306 g/mol. The molecular formula is C13H12BrN3O. The third kappa shape index (κ3) is 1.75. The number of H-pyrrole nitrogens is 1. The van der Waals surface area contributed by atoms with Crippen LogP contribution in [0.25, 0.3) is 21.9 Å². The van der Waals surface area contributed by atoms with E-state index >= 15 is 0 Å². The van der Waals surface area contributed by atoms with Gasteiger partial charge in [0.2, 0.25) is 0 Å². The fourth-order valence-corrected chi connectivity index (χ4v) is 2.38. The highest BCUT2D eigenvalue weighted by atomic mass is 79.9. The van der Waals surface area contributed by atoms with E-state index in [1.54, 1.807) is 10.9 Å². The predicted octanol–water partition coefficient (Wildman–Crippen LogP) is 2.66. The molecule has 0 unspecified atom stereocenters. The number of fused-ring (bicyclic) bond motifs is 3. The van der Waals surface area contributed by atoms with Crippen LogP contribution in [0.4, 0.5) is 0 Å². The molecule has 18 heavy (non-hydrogen) atoms. The zero-order valence-electron chi connectivity index (χ0n) is 9.69. The fourth-order valence-electron chi connectivity index (χ4n) is 2.13. The smallest absolute Gasteiger partial charge is 0.277 e. The van der Waals surface area contributed by atoms with Crippen LogP contribution in [0.5, 0.6) is 0 Å². The molecule has 2 aromatic heterocycles. The average Bonchev–Trinajstić information content (AvgIpc) is 2.78. The molecule has 0 bridgehead atoms. The number of alkyl halides is 1. The van der Waals surface area contributed by atoms with Crippen LogP contribution in [-0.4, -0.2) is 19.9 Å². The van der Waals surface area contributed by atoms with Gasteiger partial charge in [-0.05, 0) is 12.5 Å². The van der Waals surface area contributed by atoms with Crippen molar-refractivity contribution in [1.29, 1.82) is 0 Å². The van der Waals surface area contributed by atoms with Crippen molar-refractivity contribution in [1.82, 2.24) is 14.5 Å². The van der Waals surface area contributed by atoms with Gasteiger partial charge in [-0.1, -0.05) is 34.1 Å². The van der Waals surface area contributed by atoms with Crippen LogP contribution in [0.2, 0.25) is 0 Å². The number of benzene rings is 1. The summed E-state index contributed by atoms with van der Waals surface area (Å²) in [4.78, 5) is 19.8. The molecule has 0 aliphatic rings. The molecule has 92 valence electrons. The minimum atomic E-state index is -0.00264. The van der Waals surface area contributed by atoms with Crippen molar-refractivity contribution in [3.05, 3.63) is 40.9 Å². The number of aryl methyl sites for hydroxylation is 1. The summed E-state index contributed by atoms with van der Waals surface area (Å²) in [6, 6.07) is 7.83. The van der Waals surface area contributed by atoms with E-state index in [2.05, 4.69) is 25.9 Å². The van der Waals surface area contributed by atoms with Crippen LogP contribution < -0.4 is 5.56 Å². The van der Waals surface area contributed by atoms with Crippen LogP contribution in [-0.2, 0) is 6.54 Å². The molecule has 0 saturated carbocycles. The van der Waals surface area contributed by atoms with E-state index in [9.17, 15) is 4.79 Å². The summed E-state index contributed by atoms with van der Waals surface area (Å²) in [5.74, 6) is 0. The number of nitrogens with one attached hydrogen (secondary N) is 1. The first kappa shape index (κ1) is 11.5. The minimum Gasteiger partial charge on any atom is -0.349 e. The summed E-state index contributed by atoms with van der Waals surface area (Å²) in [6.45, 7) is 0.683. The highest BCUT2D eigenvalue weighted by Gasteiger charge is 2.09. The van der Waals surface area contributed by atoms with Crippen molar-refractivity contribution in [2.75, 3.05) is 5.33 Å². The Morgan fingerprint density at radius 3 is 3.00 bits per heavy atom. The number of nitrogens with zero attached hydrogens (tertiary/aromatic N) is 2. The number of aromatic nitrogens is 3. The van der Waals surface area contributed by atoms with E-state index in [1.807, 2.05) is 24.3 Å². The molecule has 3 rings (SSSR count). The van der Waals surface area contributed by atoms with Gasteiger partial charge in [0.05, 0.1) is 6.33 Å². The van der Waals surface area contributed by atoms with Gasteiger partial charge < -0.3 is 4.98 Å². The second-order valence-electron chi connectivity index (χ2n) is 4.18. The molecule has 0 amide bonds. The Morgan fingerprint density at radius 2 is 2.17 bits per heavy atom. The molecular weight excluding hydrogens is 294 g/mol. The molecule has 4 nitrogen and oxygen atoms in total. The van der Waals surface area contributed by atoms with E-state index in [-0.39, 0.29) is 5.56 Å². The molecule has 5 heteroatoms. The van der Waals surface area contributed by atoms with E-state index in [0.717, 1.165) is 28.2 Å². The quantitative estimate of drug-likeness (QED) is 0.756. The Balaban J connectivity index is 2.26. The standard InChI is InChI=1S/C13H12BrN3O/c14-6-3-7-17-8-15-11-9-4-1-2-5-10(9)16-12(11)13(17)18/h1-2,4-5,8,16H,3,6-7H2. The summed E-state index contributed by atoms with van der Waals surface area (Å²) in [7, 11) is 0.